The molecule has 6 nitrogen and oxygen atoms in total. The van der Waals surface area contributed by atoms with Gasteiger partial charge in [0.1, 0.15) is 0 Å². The molecule has 4 fully saturated rings. The first-order valence-corrected chi connectivity index (χ1v) is 11.1. The Morgan fingerprint density at radius 2 is 1.93 bits per heavy atom. The lowest BCUT2D eigenvalue weighted by Crippen LogP contribution is -2.62. The van der Waals surface area contributed by atoms with Crippen LogP contribution in [0.1, 0.15) is 38.3 Å². The van der Waals surface area contributed by atoms with Crippen LogP contribution < -0.4 is 15.5 Å². The zero-order valence-corrected chi connectivity index (χ0v) is 17.5. The molecule has 6 heteroatoms. The summed E-state index contributed by atoms with van der Waals surface area (Å²) in [7, 11) is 0. The van der Waals surface area contributed by atoms with Crippen LogP contribution in [0.15, 0.2) is 29.3 Å². The van der Waals surface area contributed by atoms with Gasteiger partial charge in [0.2, 0.25) is 0 Å². The van der Waals surface area contributed by atoms with Gasteiger partial charge in [-0.1, -0.05) is 12.1 Å². The maximum Gasteiger partial charge on any atom is 0.191 e. The SMILES string of the molecule is CCNC(=NCC1CN2CCN1CC2)NC(C)c1cccc(N2CCCC2)c1. The molecule has 0 saturated carbocycles. The molecule has 1 aromatic rings. The number of guanidine groups is 1. The second-order valence-corrected chi connectivity index (χ2v) is 8.37. The van der Waals surface area contributed by atoms with E-state index in [-0.39, 0.29) is 6.04 Å². The van der Waals surface area contributed by atoms with Crippen molar-refractivity contribution in [2.24, 2.45) is 4.99 Å². The molecule has 0 amide bonds. The number of benzene rings is 1. The number of anilines is 1. The van der Waals surface area contributed by atoms with Gasteiger partial charge >= 0.3 is 0 Å². The third-order valence-electron chi connectivity index (χ3n) is 6.39. The zero-order valence-electron chi connectivity index (χ0n) is 17.5. The lowest BCUT2D eigenvalue weighted by molar-refractivity contribution is 0.0174. The van der Waals surface area contributed by atoms with E-state index >= 15 is 0 Å². The maximum absolute atomic E-state index is 4.94. The van der Waals surface area contributed by atoms with E-state index in [0.29, 0.717) is 6.04 Å². The minimum absolute atomic E-state index is 0.229. The van der Waals surface area contributed by atoms with Crippen LogP contribution in [0, 0.1) is 0 Å². The Balaban J connectivity index is 1.39. The van der Waals surface area contributed by atoms with Gasteiger partial charge in [0.05, 0.1) is 12.6 Å². The predicted molar refractivity (Wildman–Crippen MR) is 117 cm³/mol. The van der Waals surface area contributed by atoms with E-state index in [9.17, 15) is 0 Å². The van der Waals surface area contributed by atoms with Crippen LogP contribution in [0.25, 0.3) is 0 Å². The minimum Gasteiger partial charge on any atom is -0.372 e. The summed E-state index contributed by atoms with van der Waals surface area (Å²) < 4.78 is 0. The third-order valence-corrected chi connectivity index (χ3v) is 6.39. The highest BCUT2D eigenvalue weighted by molar-refractivity contribution is 5.80. The summed E-state index contributed by atoms with van der Waals surface area (Å²) in [4.78, 5) is 12.6. The van der Waals surface area contributed by atoms with Crippen molar-refractivity contribution in [2.75, 3.05) is 63.8 Å². The Bertz CT molecular complexity index is 661. The van der Waals surface area contributed by atoms with Crippen molar-refractivity contribution in [3.05, 3.63) is 29.8 Å². The zero-order chi connectivity index (χ0) is 19.3. The Kier molecular flexibility index (Phi) is 6.37. The third kappa shape index (κ3) is 4.61. The number of nitrogens with one attached hydrogen (secondary N) is 2. The van der Waals surface area contributed by atoms with Gasteiger partial charge in [-0.25, -0.2) is 0 Å². The van der Waals surface area contributed by atoms with Crippen LogP contribution in [-0.2, 0) is 0 Å². The molecule has 0 radical (unpaired) electrons. The minimum atomic E-state index is 0.229. The van der Waals surface area contributed by atoms with Crippen molar-refractivity contribution >= 4 is 11.6 Å². The molecule has 4 aliphatic rings. The summed E-state index contributed by atoms with van der Waals surface area (Å²) in [5, 5.41) is 7.06. The number of hydrogen-bond donors (Lipinski definition) is 2. The molecule has 5 rings (SSSR count). The number of fused-ring (bicyclic) bond motifs is 3. The van der Waals surface area contributed by atoms with Crippen molar-refractivity contribution in [3.8, 4) is 0 Å². The van der Waals surface area contributed by atoms with Crippen LogP contribution in [0.2, 0.25) is 0 Å². The van der Waals surface area contributed by atoms with E-state index in [1.807, 2.05) is 0 Å². The first-order chi connectivity index (χ1) is 13.7. The molecule has 4 saturated heterocycles. The highest BCUT2D eigenvalue weighted by Gasteiger charge is 2.31. The number of piperazine rings is 3. The molecule has 1 aromatic carbocycles. The van der Waals surface area contributed by atoms with E-state index in [1.165, 1.54) is 63.4 Å². The van der Waals surface area contributed by atoms with Crippen LogP contribution in [0.5, 0.6) is 0 Å². The van der Waals surface area contributed by atoms with Crippen molar-refractivity contribution in [3.63, 3.8) is 0 Å². The number of aliphatic imine (C=N–C) groups is 1. The lowest BCUT2D eigenvalue weighted by atomic mass is 10.1. The summed E-state index contributed by atoms with van der Waals surface area (Å²) >= 11 is 0. The van der Waals surface area contributed by atoms with E-state index < -0.39 is 0 Å². The topological polar surface area (TPSA) is 46.1 Å². The highest BCUT2D eigenvalue weighted by Crippen LogP contribution is 2.24. The monoisotopic (exact) mass is 384 g/mol. The number of rotatable bonds is 6. The second kappa shape index (κ2) is 9.14. The Labute approximate surface area is 170 Å². The molecule has 0 spiro atoms. The normalized spacial score (nSPS) is 28.4. The molecule has 4 aliphatic heterocycles. The Morgan fingerprint density at radius 3 is 2.61 bits per heavy atom. The van der Waals surface area contributed by atoms with Crippen LogP contribution in [0.4, 0.5) is 5.69 Å². The fourth-order valence-electron chi connectivity index (χ4n) is 4.67. The second-order valence-electron chi connectivity index (χ2n) is 8.37. The van der Waals surface area contributed by atoms with E-state index in [4.69, 9.17) is 4.99 Å². The average molecular weight is 385 g/mol. The van der Waals surface area contributed by atoms with Gasteiger partial charge in [0.25, 0.3) is 0 Å². The molecule has 2 atom stereocenters. The summed E-state index contributed by atoms with van der Waals surface area (Å²) in [6, 6.07) is 9.78. The standard InChI is InChI=1S/C22H36N6/c1-3-23-22(24-16-21-17-26-11-13-28(21)14-12-26)25-18(2)19-7-6-8-20(15-19)27-9-4-5-10-27/h6-8,15,18,21H,3-5,9-14,16-17H2,1-2H3,(H2,23,24,25). The van der Waals surface area contributed by atoms with Crippen LogP contribution in [0.3, 0.4) is 0 Å². The molecule has 0 aliphatic carbocycles. The van der Waals surface area contributed by atoms with Gasteiger partial charge in [-0.3, -0.25) is 14.8 Å². The summed E-state index contributed by atoms with van der Waals surface area (Å²) in [5.41, 5.74) is 2.67. The Hall–Kier alpha value is -1.79. The summed E-state index contributed by atoms with van der Waals surface area (Å²) in [6.45, 7) is 14.5. The van der Waals surface area contributed by atoms with E-state index in [0.717, 1.165) is 25.6 Å². The molecule has 4 heterocycles. The number of hydrogen-bond acceptors (Lipinski definition) is 4. The predicted octanol–water partition coefficient (Wildman–Crippen LogP) is 1.90. The first kappa shape index (κ1) is 19.5. The molecular formula is C22H36N6. The van der Waals surface area contributed by atoms with Gasteiger partial charge in [0, 0.05) is 64.1 Å². The average Bonchev–Trinajstić information content (AvgIpc) is 3.28. The van der Waals surface area contributed by atoms with Gasteiger partial charge < -0.3 is 15.5 Å². The molecule has 2 unspecified atom stereocenters. The molecular weight excluding hydrogens is 348 g/mol. The van der Waals surface area contributed by atoms with Crippen LogP contribution in [-0.4, -0.2) is 80.7 Å². The quantitative estimate of drug-likeness (QED) is 0.579. The van der Waals surface area contributed by atoms with Crippen molar-refractivity contribution in [1.29, 1.82) is 0 Å². The van der Waals surface area contributed by atoms with Gasteiger partial charge in [-0.2, -0.15) is 0 Å². The van der Waals surface area contributed by atoms with Crippen molar-refractivity contribution in [1.82, 2.24) is 20.4 Å². The smallest absolute Gasteiger partial charge is 0.191 e. The van der Waals surface area contributed by atoms with Crippen molar-refractivity contribution < 1.29 is 0 Å². The Morgan fingerprint density at radius 1 is 1.14 bits per heavy atom. The fourth-order valence-corrected chi connectivity index (χ4v) is 4.67. The van der Waals surface area contributed by atoms with E-state index in [1.54, 1.807) is 0 Å². The first-order valence-electron chi connectivity index (χ1n) is 11.1. The van der Waals surface area contributed by atoms with Gasteiger partial charge in [-0.05, 0) is 44.4 Å². The van der Waals surface area contributed by atoms with Gasteiger partial charge in [-0.15, -0.1) is 0 Å². The maximum atomic E-state index is 4.94. The molecule has 154 valence electrons. The molecule has 0 aromatic heterocycles. The lowest BCUT2D eigenvalue weighted by Gasteiger charge is -2.47. The summed E-state index contributed by atoms with van der Waals surface area (Å²) in [5.74, 6) is 0.930. The number of nitrogens with zero attached hydrogens (tertiary/aromatic N) is 4. The van der Waals surface area contributed by atoms with Crippen molar-refractivity contribution in [2.45, 2.75) is 38.8 Å². The van der Waals surface area contributed by atoms with Gasteiger partial charge in [0.15, 0.2) is 5.96 Å². The van der Waals surface area contributed by atoms with E-state index in [2.05, 4.69) is 63.4 Å². The van der Waals surface area contributed by atoms with Crippen LogP contribution >= 0.6 is 0 Å². The highest BCUT2D eigenvalue weighted by atomic mass is 15.3. The fraction of sp³-hybridized carbons (Fsp3) is 0.682. The molecule has 2 bridgehead atoms. The molecule has 2 N–H and O–H groups in total. The largest absolute Gasteiger partial charge is 0.372 e. The molecule has 28 heavy (non-hydrogen) atoms. The summed E-state index contributed by atoms with van der Waals surface area (Å²) in [6.07, 6.45) is 2.62.